The first-order chi connectivity index (χ1) is 8.67. The molecule has 1 amide bonds. The number of carbonyl (C=O) groups excluding carboxylic acids is 2. The van der Waals surface area contributed by atoms with Gasteiger partial charge < -0.3 is 10.1 Å². The number of nitrogens with one attached hydrogen (secondary N) is 1. The van der Waals surface area contributed by atoms with Crippen molar-refractivity contribution in [1.29, 1.82) is 0 Å². The van der Waals surface area contributed by atoms with Crippen LogP contribution in [0.15, 0.2) is 0 Å². The molecule has 0 aliphatic heterocycles. The number of halogens is 1. The average Bonchev–Trinajstić information content (AvgIpc) is 2.92. The second-order valence-corrected chi connectivity index (χ2v) is 5.01. The third-order valence-corrected chi connectivity index (χ3v) is 3.74. The Morgan fingerprint density at radius 3 is 3.00 bits per heavy atom. The zero-order valence-electron chi connectivity index (χ0n) is 9.81. The van der Waals surface area contributed by atoms with Crippen LogP contribution in [0.1, 0.15) is 39.6 Å². The zero-order valence-corrected chi connectivity index (χ0v) is 10.6. The van der Waals surface area contributed by atoms with Crippen molar-refractivity contribution in [1.82, 2.24) is 10.3 Å². The Bertz CT molecular complexity index is 463. The van der Waals surface area contributed by atoms with E-state index in [1.165, 1.54) is 11.3 Å². The summed E-state index contributed by atoms with van der Waals surface area (Å²) in [5, 5.41) is 3.05. The maximum atomic E-state index is 13.1. The van der Waals surface area contributed by atoms with E-state index in [0.717, 1.165) is 0 Å². The molecule has 1 aromatic heterocycles. The van der Waals surface area contributed by atoms with Crippen molar-refractivity contribution in [3.05, 3.63) is 15.6 Å². The molecule has 18 heavy (non-hydrogen) atoms. The molecular formula is C11H13FN2O3S. The Morgan fingerprint density at radius 2 is 2.44 bits per heavy atom. The lowest BCUT2D eigenvalue weighted by molar-refractivity contribution is -0.109. The Morgan fingerprint density at radius 1 is 1.72 bits per heavy atom. The van der Waals surface area contributed by atoms with Crippen molar-refractivity contribution in [3.63, 3.8) is 0 Å². The standard InChI is InChI=1S/C11H13FN2O3S/c1-2-17-11(16)9-10(6-3-7(6)12)18-8(14-9)4-13-5-15/h5-7H,2-4H2,1H3,(H,13,15)/t6-,7+/m1/s1. The Balaban J connectivity index is 2.21. The van der Waals surface area contributed by atoms with Crippen molar-refractivity contribution in [2.75, 3.05) is 6.61 Å². The van der Waals surface area contributed by atoms with Crippen LogP contribution in [0.3, 0.4) is 0 Å². The van der Waals surface area contributed by atoms with Gasteiger partial charge in [0.25, 0.3) is 0 Å². The summed E-state index contributed by atoms with van der Waals surface area (Å²) >= 11 is 1.25. The highest BCUT2D eigenvalue weighted by molar-refractivity contribution is 7.12. The van der Waals surface area contributed by atoms with Crippen LogP contribution in [0.2, 0.25) is 0 Å². The Labute approximate surface area is 107 Å². The molecule has 2 rings (SSSR count). The lowest BCUT2D eigenvalue weighted by Crippen LogP contribution is -2.11. The fourth-order valence-corrected chi connectivity index (χ4v) is 2.78. The van der Waals surface area contributed by atoms with Crippen LogP contribution in [0.25, 0.3) is 0 Å². The molecule has 0 aromatic carbocycles. The number of aromatic nitrogens is 1. The Kier molecular flexibility index (Phi) is 3.90. The predicted octanol–water partition coefficient (Wildman–Crippen LogP) is 1.39. The first-order valence-corrected chi connectivity index (χ1v) is 6.46. The van der Waals surface area contributed by atoms with Crippen molar-refractivity contribution in [2.45, 2.75) is 32.0 Å². The third-order valence-electron chi connectivity index (χ3n) is 2.55. The molecule has 1 aliphatic rings. The number of hydrogen-bond donors (Lipinski definition) is 1. The van der Waals surface area contributed by atoms with Crippen LogP contribution in [0.4, 0.5) is 4.39 Å². The minimum absolute atomic E-state index is 0.190. The summed E-state index contributed by atoms with van der Waals surface area (Å²) < 4.78 is 18.0. The van der Waals surface area contributed by atoms with Crippen LogP contribution >= 0.6 is 11.3 Å². The van der Waals surface area contributed by atoms with E-state index >= 15 is 0 Å². The molecule has 0 unspecified atom stereocenters. The highest BCUT2D eigenvalue weighted by atomic mass is 32.1. The lowest BCUT2D eigenvalue weighted by atomic mass is 10.2. The van der Waals surface area contributed by atoms with Gasteiger partial charge >= 0.3 is 5.97 Å². The van der Waals surface area contributed by atoms with Crippen LogP contribution in [-0.2, 0) is 16.1 Å². The van der Waals surface area contributed by atoms with Gasteiger partial charge in [-0.15, -0.1) is 11.3 Å². The molecule has 1 N–H and O–H groups in total. The summed E-state index contributed by atoms with van der Waals surface area (Å²) in [6.45, 7) is 2.19. The third kappa shape index (κ3) is 2.66. The SMILES string of the molecule is CCOC(=O)c1nc(CNC=O)sc1[C@@H]1C[C@@H]1F. The highest BCUT2D eigenvalue weighted by Crippen LogP contribution is 2.47. The molecular weight excluding hydrogens is 259 g/mol. The van der Waals surface area contributed by atoms with Gasteiger partial charge in [-0.3, -0.25) is 4.79 Å². The Hall–Kier alpha value is -1.50. The molecule has 5 nitrogen and oxygen atoms in total. The molecule has 2 atom stereocenters. The van der Waals surface area contributed by atoms with E-state index in [4.69, 9.17) is 4.74 Å². The van der Waals surface area contributed by atoms with E-state index in [1.807, 2.05) is 0 Å². The minimum Gasteiger partial charge on any atom is -0.461 e. The van der Waals surface area contributed by atoms with E-state index in [2.05, 4.69) is 10.3 Å². The number of rotatable bonds is 6. The molecule has 0 bridgehead atoms. The van der Waals surface area contributed by atoms with E-state index in [0.29, 0.717) is 22.7 Å². The van der Waals surface area contributed by atoms with E-state index in [-0.39, 0.29) is 24.8 Å². The quantitative estimate of drug-likeness (QED) is 0.627. The molecule has 1 aliphatic carbocycles. The summed E-state index contributed by atoms with van der Waals surface area (Å²) in [5.41, 5.74) is 0.190. The monoisotopic (exact) mass is 272 g/mol. The number of alkyl halides is 1. The molecule has 7 heteroatoms. The molecule has 1 saturated carbocycles. The fraction of sp³-hybridized carbons (Fsp3) is 0.545. The highest BCUT2D eigenvalue weighted by Gasteiger charge is 2.43. The van der Waals surface area contributed by atoms with Gasteiger partial charge in [0.2, 0.25) is 6.41 Å². The number of amides is 1. The van der Waals surface area contributed by atoms with Crippen LogP contribution < -0.4 is 5.32 Å². The van der Waals surface area contributed by atoms with Gasteiger partial charge in [0.1, 0.15) is 11.2 Å². The molecule has 1 aromatic rings. The molecule has 98 valence electrons. The first kappa shape index (κ1) is 12.9. The molecule has 1 fully saturated rings. The zero-order chi connectivity index (χ0) is 13.1. The maximum absolute atomic E-state index is 13.1. The van der Waals surface area contributed by atoms with Gasteiger partial charge in [0.05, 0.1) is 13.2 Å². The van der Waals surface area contributed by atoms with Gasteiger partial charge in [-0.25, -0.2) is 14.2 Å². The second-order valence-electron chi connectivity index (χ2n) is 3.90. The normalized spacial score (nSPS) is 21.4. The molecule has 0 radical (unpaired) electrons. The first-order valence-electron chi connectivity index (χ1n) is 5.65. The van der Waals surface area contributed by atoms with Crippen molar-refractivity contribution >= 4 is 23.7 Å². The van der Waals surface area contributed by atoms with Crippen molar-refractivity contribution in [3.8, 4) is 0 Å². The number of carbonyl (C=O) groups is 2. The average molecular weight is 272 g/mol. The lowest BCUT2D eigenvalue weighted by Gasteiger charge is -2.00. The summed E-state index contributed by atoms with van der Waals surface area (Å²) in [4.78, 5) is 26.7. The molecule has 1 heterocycles. The number of esters is 1. The van der Waals surface area contributed by atoms with Crippen molar-refractivity contribution < 1.29 is 18.7 Å². The summed E-state index contributed by atoms with van der Waals surface area (Å²) in [7, 11) is 0. The van der Waals surface area contributed by atoms with Gasteiger partial charge in [-0.1, -0.05) is 0 Å². The molecule has 0 spiro atoms. The van der Waals surface area contributed by atoms with Crippen LogP contribution in [0.5, 0.6) is 0 Å². The maximum Gasteiger partial charge on any atom is 0.358 e. The van der Waals surface area contributed by atoms with Gasteiger partial charge in [-0.05, 0) is 13.3 Å². The van der Waals surface area contributed by atoms with Crippen LogP contribution in [-0.4, -0.2) is 30.1 Å². The summed E-state index contributed by atoms with van der Waals surface area (Å²) in [6.07, 6.45) is 0.0838. The van der Waals surface area contributed by atoms with Gasteiger partial charge in [0, 0.05) is 10.8 Å². The summed E-state index contributed by atoms with van der Waals surface area (Å²) in [6, 6.07) is 0. The second kappa shape index (κ2) is 5.43. The molecule has 0 saturated heterocycles. The fourth-order valence-electron chi connectivity index (χ4n) is 1.61. The number of thiazole rings is 1. The predicted molar refractivity (Wildman–Crippen MR) is 63.2 cm³/mol. The number of nitrogens with zero attached hydrogens (tertiary/aromatic N) is 1. The minimum atomic E-state index is -0.898. The van der Waals surface area contributed by atoms with Crippen LogP contribution in [0, 0.1) is 0 Å². The van der Waals surface area contributed by atoms with E-state index in [1.54, 1.807) is 6.92 Å². The smallest absolute Gasteiger partial charge is 0.358 e. The summed E-state index contributed by atoms with van der Waals surface area (Å²) in [5.74, 6) is -0.771. The largest absolute Gasteiger partial charge is 0.461 e. The van der Waals surface area contributed by atoms with E-state index < -0.39 is 12.1 Å². The number of ether oxygens (including phenoxy) is 1. The number of hydrogen-bond acceptors (Lipinski definition) is 5. The van der Waals surface area contributed by atoms with E-state index in [9.17, 15) is 14.0 Å². The van der Waals surface area contributed by atoms with Crippen molar-refractivity contribution in [2.24, 2.45) is 0 Å². The topological polar surface area (TPSA) is 68.3 Å². The van der Waals surface area contributed by atoms with Gasteiger partial charge in [0.15, 0.2) is 5.69 Å². The van der Waals surface area contributed by atoms with Gasteiger partial charge in [-0.2, -0.15) is 0 Å².